The molecular formula is C18H24N2O3. The normalized spacial score (nSPS) is 22.1. The van der Waals surface area contributed by atoms with E-state index in [4.69, 9.17) is 4.74 Å². The Morgan fingerprint density at radius 2 is 2.04 bits per heavy atom. The van der Waals surface area contributed by atoms with Crippen LogP contribution in [0.25, 0.3) is 10.9 Å². The predicted octanol–water partition coefficient (Wildman–Crippen LogP) is 1.73. The smallest absolute Gasteiger partial charge is 0.189 e. The fourth-order valence-electron chi connectivity index (χ4n) is 3.38. The first kappa shape index (κ1) is 16.2. The first-order valence-electron chi connectivity index (χ1n) is 8.13. The third kappa shape index (κ3) is 3.17. The summed E-state index contributed by atoms with van der Waals surface area (Å²) in [5.74, 6) is 0. The van der Waals surface area contributed by atoms with Crippen molar-refractivity contribution >= 4 is 10.9 Å². The number of aliphatic hydroxyl groups excluding tert-OH is 1. The Balaban J connectivity index is 1.87. The van der Waals surface area contributed by atoms with Gasteiger partial charge in [0.25, 0.3) is 0 Å². The Labute approximate surface area is 135 Å². The van der Waals surface area contributed by atoms with Crippen molar-refractivity contribution in [3.63, 3.8) is 0 Å². The number of hydrogen-bond acceptors (Lipinski definition) is 4. The Bertz CT molecular complexity index is 769. The summed E-state index contributed by atoms with van der Waals surface area (Å²) in [5, 5.41) is 10.8. The van der Waals surface area contributed by atoms with Gasteiger partial charge in [0.15, 0.2) is 5.43 Å². The summed E-state index contributed by atoms with van der Waals surface area (Å²) < 4.78 is 5.55. The van der Waals surface area contributed by atoms with E-state index in [-0.39, 0.29) is 11.5 Å². The van der Waals surface area contributed by atoms with E-state index in [1.165, 1.54) is 0 Å². The lowest BCUT2D eigenvalue weighted by Gasteiger charge is -2.16. The van der Waals surface area contributed by atoms with Crippen LogP contribution in [0.2, 0.25) is 0 Å². The molecule has 5 nitrogen and oxygen atoms in total. The molecule has 1 aromatic heterocycles. The maximum atomic E-state index is 12.5. The zero-order valence-corrected chi connectivity index (χ0v) is 13.9. The molecule has 2 aromatic rings. The first-order valence-corrected chi connectivity index (χ1v) is 8.13. The molecule has 1 aliphatic heterocycles. The lowest BCUT2D eigenvalue weighted by Crippen LogP contribution is -2.26. The number of fused-ring (bicyclic) bond motifs is 1. The lowest BCUT2D eigenvalue weighted by molar-refractivity contribution is -0.00245. The molecule has 2 heterocycles. The molecule has 0 amide bonds. The van der Waals surface area contributed by atoms with E-state index >= 15 is 0 Å². The van der Waals surface area contributed by atoms with E-state index in [1.807, 2.05) is 32.9 Å². The quantitative estimate of drug-likeness (QED) is 0.901. The number of H-pyrrole nitrogens is 1. The number of rotatable bonds is 4. The molecule has 0 aliphatic carbocycles. The van der Waals surface area contributed by atoms with Crippen LogP contribution < -0.4 is 5.43 Å². The van der Waals surface area contributed by atoms with Crippen LogP contribution in [0, 0.1) is 13.8 Å². The van der Waals surface area contributed by atoms with Crippen molar-refractivity contribution in [1.82, 2.24) is 9.88 Å². The summed E-state index contributed by atoms with van der Waals surface area (Å²) in [6, 6.07) is 5.69. The molecule has 0 spiro atoms. The minimum Gasteiger partial charge on any atom is -0.389 e. The zero-order valence-electron chi connectivity index (χ0n) is 13.9. The molecule has 0 radical (unpaired) electrons. The van der Waals surface area contributed by atoms with Crippen LogP contribution in [0.15, 0.2) is 23.0 Å². The fourth-order valence-corrected chi connectivity index (χ4v) is 3.38. The molecule has 1 saturated heterocycles. The average molecular weight is 316 g/mol. The monoisotopic (exact) mass is 316 g/mol. The summed E-state index contributed by atoms with van der Waals surface area (Å²) in [5.41, 5.74) is 3.90. The molecule has 5 heteroatoms. The van der Waals surface area contributed by atoms with Crippen LogP contribution in [0.3, 0.4) is 0 Å². The minimum atomic E-state index is -0.467. The number of hydrogen-bond donors (Lipinski definition) is 2. The van der Waals surface area contributed by atoms with Crippen LogP contribution in [-0.4, -0.2) is 46.9 Å². The highest BCUT2D eigenvalue weighted by Gasteiger charge is 2.31. The highest BCUT2D eigenvalue weighted by atomic mass is 16.5. The number of nitrogens with zero attached hydrogens (tertiary/aromatic N) is 1. The van der Waals surface area contributed by atoms with E-state index in [2.05, 4.69) is 9.88 Å². The van der Waals surface area contributed by atoms with Gasteiger partial charge in [-0.15, -0.1) is 0 Å². The van der Waals surface area contributed by atoms with Crippen molar-refractivity contribution in [3.8, 4) is 0 Å². The standard InChI is InChI=1S/C18H24N2O3/c1-4-23-16-10-20(9-15(16)22)8-13-7-14(21)17-11(2)5-6-12(3)18(17)19-13/h5-7,15-16,22H,4,8-10H2,1-3H3,(H,19,21)/t15-,16-/m1/s1. The lowest BCUT2D eigenvalue weighted by atomic mass is 10.0. The highest BCUT2D eigenvalue weighted by Crippen LogP contribution is 2.20. The number of likely N-dealkylation sites (tertiary alicyclic amines) is 1. The number of ether oxygens (including phenoxy) is 1. The number of nitrogens with one attached hydrogen (secondary N) is 1. The number of aliphatic hydroxyl groups is 1. The summed E-state index contributed by atoms with van der Waals surface area (Å²) in [7, 11) is 0. The fraction of sp³-hybridized carbons (Fsp3) is 0.500. The van der Waals surface area contributed by atoms with Crippen molar-refractivity contribution in [2.45, 2.75) is 39.5 Å². The van der Waals surface area contributed by atoms with E-state index < -0.39 is 6.10 Å². The van der Waals surface area contributed by atoms with E-state index in [9.17, 15) is 9.90 Å². The molecule has 1 aliphatic rings. The molecule has 2 atom stereocenters. The van der Waals surface area contributed by atoms with Gasteiger partial charge < -0.3 is 14.8 Å². The summed E-state index contributed by atoms with van der Waals surface area (Å²) >= 11 is 0. The molecule has 0 saturated carbocycles. The minimum absolute atomic E-state index is 0.0519. The molecule has 23 heavy (non-hydrogen) atoms. The number of aryl methyl sites for hydroxylation is 2. The number of aromatic amines is 1. The Morgan fingerprint density at radius 1 is 1.30 bits per heavy atom. The maximum Gasteiger partial charge on any atom is 0.189 e. The summed E-state index contributed by atoms with van der Waals surface area (Å²) in [6.45, 7) is 8.35. The van der Waals surface area contributed by atoms with Gasteiger partial charge in [-0.1, -0.05) is 12.1 Å². The molecule has 0 unspecified atom stereocenters. The molecule has 0 bridgehead atoms. The second-order valence-electron chi connectivity index (χ2n) is 6.36. The SMILES string of the molecule is CCO[C@@H]1CN(Cc2cc(=O)c3c(C)ccc(C)c3[nH]2)C[C@H]1O. The van der Waals surface area contributed by atoms with Crippen LogP contribution >= 0.6 is 0 Å². The highest BCUT2D eigenvalue weighted by molar-refractivity contribution is 5.84. The largest absolute Gasteiger partial charge is 0.389 e. The average Bonchev–Trinajstić information content (AvgIpc) is 2.83. The molecule has 1 fully saturated rings. The third-order valence-electron chi connectivity index (χ3n) is 4.55. The maximum absolute atomic E-state index is 12.5. The predicted molar refractivity (Wildman–Crippen MR) is 90.7 cm³/mol. The van der Waals surface area contributed by atoms with Crippen molar-refractivity contribution in [2.24, 2.45) is 0 Å². The van der Waals surface area contributed by atoms with Gasteiger partial charge in [0.2, 0.25) is 0 Å². The van der Waals surface area contributed by atoms with Gasteiger partial charge >= 0.3 is 0 Å². The zero-order chi connectivity index (χ0) is 16.6. The van der Waals surface area contributed by atoms with Gasteiger partial charge in [-0.25, -0.2) is 0 Å². The van der Waals surface area contributed by atoms with Gasteiger partial charge in [0, 0.05) is 43.4 Å². The van der Waals surface area contributed by atoms with Crippen molar-refractivity contribution < 1.29 is 9.84 Å². The summed E-state index contributed by atoms with van der Waals surface area (Å²) in [4.78, 5) is 18.0. The van der Waals surface area contributed by atoms with Crippen LogP contribution in [0.4, 0.5) is 0 Å². The van der Waals surface area contributed by atoms with Gasteiger partial charge in [0.1, 0.15) is 0 Å². The number of β-amino-alcohol motifs (C(OH)–C–C–N with tert-alkyl or cyclic N) is 1. The number of pyridine rings is 1. The molecule has 2 N–H and O–H groups in total. The van der Waals surface area contributed by atoms with Crippen molar-refractivity contribution in [1.29, 1.82) is 0 Å². The molecule has 3 rings (SSSR count). The van der Waals surface area contributed by atoms with Gasteiger partial charge in [-0.2, -0.15) is 0 Å². The molecular weight excluding hydrogens is 292 g/mol. The second-order valence-corrected chi connectivity index (χ2v) is 6.36. The van der Waals surface area contributed by atoms with Crippen LogP contribution in [0.1, 0.15) is 23.7 Å². The summed E-state index contributed by atoms with van der Waals surface area (Å²) in [6.07, 6.45) is -0.609. The van der Waals surface area contributed by atoms with Gasteiger partial charge in [-0.05, 0) is 31.9 Å². The van der Waals surface area contributed by atoms with Crippen molar-refractivity contribution in [3.05, 3.63) is 45.2 Å². The van der Waals surface area contributed by atoms with E-state index in [0.717, 1.165) is 27.7 Å². The van der Waals surface area contributed by atoms with Crippen LogP contribution in [0.5, 0.6) is 0 Å². The second kappa shape index (κ2) is 6.43. The van der Waals surface area contributed by atoms with Gasteiger partial charge in [-0.3, -0.25) is 9.69 Å². The van der Waals surface area contributed by atoms with Gasteiger partial charge in [0.05, 0.1) is 17.7 Å². The molecule has 1 aromatic carbocycles. The Morgan fingerprint density at radius 3 is 2.78 bits per heavy atom. The van der Waals surface area contributed by atoms with Crippen LogP contribution in [-0.2, 0) is 11.3 Å². The Hall–Kier alpha value is -1.69. The number of benzene rings is 1. The van der Waals surface area contributed by atoms with Crippen molar-refractivity contribution in [2.75, 3.05) is 19.7 Å². The topological polar surface area (TPSA) is 65.6 Å². The first-order chi connectivity index (χ1) is 11.0. The van der Waals surface area contributed by atoms with E-state index in [1.54, 1.807) is 6.07 Å². The third-order valence-corrected chi connectivity index (χ3v) is 4.55. The molecule has 124 valence electrons. The Kier molecular flexibility index (Phi) is 4.53. The van der Waals surface area contributed by atoms with E-state index in [0.29, 0.717) is 26.2 Å². The number of aromatic nitrogens is 1.